The summed E-state index contributed by atoms with van der Waals surface area (Å²) in [7, 11) is 3.43. The molecule has 0 fully saturated rings. The van der Waals surface area contributed by atoms with Crippen molar-refractivity contribution in [3.05, 3.63) is 71.8 Å². The Bertz CT molecular complexity index is 536. The molecular formula is C23H32O2. The number of ether oxygens (including phenoxy) is 2. The van der Waals surface area contributed by atoms with E-state index < -0.39 is 0 Å². The van der Waals surface area contributed by atoms with Crippen LogP contribution in [0.3, 0.4) is 0 Å². The molecule has 0 spiro atoms. The molecule has 0 bridgehead atoms. The summed E-state index contributed by atoms with van der Waals surface area (Å²) >= 11 is 0. The van der Waals surface area contributed by atoms with Crippen molar-refractivity contribution in [1.82, 2.24) is 0 Å². The SMILES string of the molecule is CCCCC(CCCC(OC)OC)(c1ccccc1)c1ccccc1. The van der Waals surface area contributed by atoms with E-state index in [1.54, 1.807) is 14.2 Å². The zero-order valence-electron chi connectivity index (χ0n) is 15.9. The summed E-state index contributed by atoms with van der Waals surface area (Å²) in [5.41, 5.74) is 2.90. The molecule has 25 heavy (non-hydrogen) atoms. The van der Waals surface area contributed by atoms with E-state index in [1.807, 2.05) is 0 Å². The van der Waals surface area contributed by atoms with Crippen LogP contribution >= 0.6 is 0 Å². The van der Waals surface area contributed by atoms with E-state index in [-0.39, 0.29) is 11.7 Å². The van der Waals surface area contributed by atoms with Gasteiger partial charge in [0.25, 0.3) is 0 Å². The highest BCUT2D eigenvalue weighted by molar-refractivity contribution is 5.39. The predicted molar refractivity (Wildman–Crippen MR) is 105 cm³/mol. The van der Waals surface area contributed by atoms with Gasteiger partial charge in [0.05, 0.1) is 0 Å². The highest BCUT2D eigenvalue weighted by Crippen LogP contribution is 2.41. The van der Waals surface area contributed by atoms with E-state index in [0.717, 1.165) is 19.3 Å². The van der Waals surface area contributed by atoms with Gasteiger partial charge in [-0.3, -0.25) is 0 Å². The van der Waals surface area contributed by atoms with Gasteiger partial charge in [0.15, 0.2) is 6.29 Å². The Morgan fingerprint density at radius 2 is 1.24 bits per heavy atom. The summed E-state index contributed by atoms with van der Waals surface area (Å²) in [6.07, 6.45) is 6.57. The van der Waals surface area contributed by atoms with Gasteiger partial charge in [-0.1, -0.05) is 80.4 Å². The van der Waals surface area contributed by atoms with Crippen LogP contribution in [0.4, 0.5) is 0 Å². The summed E-state index contributed by atoms with van der Waals surface area (Å²) < 4.78 is 10.8. The van der Waals surface area contributed by atoms with Gasteiger partial charge in [-0.25, -0.2) is 0 Å². The minimum absolute atomic E-state index is 0.0601. The Kier molecular flexibility index (Phi) is 8.17. The molecule has 0 heterocycles. The lowest BCUT2D eigenvalue weighted by atomic mass is 9.68. The highest BCUT2D eigenvalue weighted by atomic mass is 16.7. The predicted octanol–water partition coefficient (Wildman–Crippen LogP) is 5.95. The minimum Gasteiger partial charge on any atom is -0.356 e. The smallest absolute Gasteiger partial charge is 0.156 e. The largest absolute Gasteiger partial charge is 0.356 e. The van der Waals surface area contributed by atoms with E-state index >= 15 is 0 Å². The average Bonchev–Trinajstić information content (AvgIpc) is 2.69. The number of methoxy groups -OCH3 is 2. The number of hydrogen-bond acceptors (Lipinski definition) is 2. The molecule has 0 amide bonds. The third kappa shape index (κ3) is 5.17. The molecule has 2 rings (SSSR count). The maximum absolute atomic E-state index is 5.38. The van der Waals surface area contributed by atoms with Gasteiger partial charge in [-0.15, -0.1) is 0 Å². The Morgan fingerprint density at radius 1 is 0.760 bits per heavy atom. The van der Waals surface area contributed by atoms with E-state index in [9.17, 15) is 0 Å². The Hall–Kier alpha value is -1.64. The van der Waals surface area contributed by atoms with Crippen molar-refractivity contribution in [3.8, 4) is 0 Å². The third-order valence-electron chi connectivity index (χ3n) is 5.18. The number of hydrogen-bond donors (Lipinski definition) is 0. The van der Waals surface area contributed by atoms with Gasteiger partial charge < -0.3 is 9.47 Å². The van der Waals surface area contributed by atoms with E-state index in [2.05, 4.69) is 67.6 Å². The fourth-order valence-corrected chi connectivity index (χ4v) is 3.76. The minimum atomic E-state index is -0.115. The first kappa shape index (κ1) is 19.7. The van der Waals surface area contributed by atoms with Crippen molar-refractivity contribution in [2.45, 2.75) is 57.2 Å². The van der Waals surface area contributed by atoms with Crippen LogP contribution in [0.1, 0.15) is 56.6 Å². The second-order valence-corrected chi connectivity index (χ2v) is 6.71. The molecular weight excluding hydrogens is 308 g/mol. The first-order valence-electron chi connectivity index (χ1n) is 9.43. The quantitative estimate of drug-likeness (QED) is 0.470. The molecule has 0 unspecified atom stereocenters. The van der Waals surface area contributed by atoms with Crippen LogP contribution in [0.15, 0.2) is 60.7 Å². The first-order chi connectivity index (χ1) is 12.3. The monoisotopic (exact) mass is 340 g/mol. The summed E-state index contributed by atoms with van der Waals surface area (Å²) in [6.45, 7) is 2.27. The molecule has 0 radical (unpaired) electrons. The normalized spacial score (nSPS) is 11.8. The Balaban J connectivity index is 2.33. The van der Waals surface area contributed by atoms with Crippen LogP contribution in [-0.4, -0.2) is 20.5 Å². The molecule has 2 aromatic carbocycles. The molecule has 0 atom stereocenters. The highest BCUT2D eigenvalue weighted by Gasteiger charge is 2.33. The van der Waals surface area contributed by atoms with Crippen molar-refractivity contribution in [2.75, 3.05) is 14.2 Å². The molecule has 2 aromatic rings. The molecule has 2 heteroatoms. The molecule has 0 aliphatic carbocycles. The van der Waals surface area contributed by atoms with Crippen molar-refractivity contribution < 1.29 is 9.47 Å². The average molecular weight is 341 g/mol. The zero-order valence-corrected chi connectivity index (χ0v) is 15.9. The lowest BCUT2D eigenvalue weighted by molar-refractivity contribution is -0.107. The molecule has 0 N–H and O–H groups in total. The number of benzene rings is 2. The molecule has 2 nitrogen and oxygen atoms in total. The standard InChI is InChI=1S/C23H32O2/c1-4-5-18-23(20-13-8-6-9-14-20,21-15-10-7-11-16-21)19-12-17-22(24-2)25-3/h6-11,13-16,22H,4-5,12,17-19H2,1-3H3. The molecule has 136 valence electrons. The van der Waals surface area contributed by atoms with Crippen LogP contribution < -0.4 is 0 Å². The van der Waals surface area contributed by atoms with Crippen molar-refractivity contribution in [3.63, 3.8) is 0 Å². The lowest BCUT2D eigenvalue weighted by Crippen LogP contribution is -2.28. The van der Waals surface area contributed by atoms with Crippen molar-refractivity contribution in [1.29, 1.82) is 0 Å². The van der Waals surface area contributed by atoms with Crippen LogP contribution in [0.25, 0.3) is 0 Å². The maximum Gasteiger partial charge on any atom is 0.156 e. The third-order valence-corrected chi connectivity index (χ3v) is 5.18. The molecule has 0 aliphatic heterocycles. The Morgan fingerprint density at radius 3 is 1.68 bits per heavy atom. The van der Waals surface area contributed by atoms with Gasteiger partial charge in [-0.05, 0) is 36.8 Å². The van der Waals surface area contributed by atoms with Gasteiger partial charge in [0, 0.05) is 19.6 Å². The van der Waals surface area contributed by atoms with Gasteiger partial charge in [0.1, 0.15) is 0 Å². The van der Waals surface area contributed by atoms with Crippen LogP contribution in [0.5, 0.6) is 0 Å². The number of rotatable bonds is 11. The second-order valence-electron chi connectivity index (χ2n) is 6.71. The molecule has 0 aromatic heterocycles. The van der Waals surface area contributed by atoms with E-state index in [0.29, 0.717) is 0 Å². The van der Waals surface area contributed by atoms with E-state index in [4.69, 9.17) is 9.47 Å². The lowest BCUT2D eigenvalue weighted by Gasteiger charge is -2.36. The molecule has 0 saturated heterocycles. The topological polar surface area (TPSA) is 18.5 Å². The van der Waals surface area contributed by atoms with Crippen LogP contribution in [-0.2, 0) is 14.9 Å². The molecule has 0 aliphatic rings. The summed E-state index contributed by atoms with van der Waals surface area (Å²) in [5, 5.41) is 0. The Labute approximate surface area is 153 Å². The van der Waals surface area contributed by atoms with Gasteiger partial charge in [-0.2, -0.15) is 0 Å². The van der Waals surface area contributed by atoms with Crippen LogP contribution in [0.2, 0.25) is 0 Å². The van der Waals surface area contributed by atoms with Gasteiger partial charge >= 0.3 is 0 Å². The molecule has 0 saturated carbocycles. The van der Waals surface area contributed by atoms with Gasteiger partial charge in [0.2, 0.25) is 0 Å². The van der Waals surface area contributed by atoms with Crippen LogP contribution in [0, 0.1) is 0 Å². The van der Waals surface area contributed by atoms with E-state index in [1.165, 1.54) is 30.4 Å². The maximum atomic E-state index is 5.38. The summed E-state index contributed by atoms with van der Waals surface area (Å²) in [6, 6.07) is 22.0. The summed E-state index contributed by atoms with van der Waals surface area (Å²) in [4.78, 5) is 0. The van der Waals surface area contributed by atoms with Crippen molar-refractivity contribution >= 4 is 0 Å². The summed E-state index contributed by atoms with van der Waals surface area (Å²) in [5.74, 6) is 0. The fraction of sp³-hybridized carbons (Fsp3) is 0.478. The fourth-order valence-electron chi connectivity index (χ4n) is 3.76. The van der Waals surface area contributed by atoms with Crippen molar-refractivity contribution in [2.24, 2.45) is 0 Å². The second kappa shape index (κ2) is 10.4. The zero-order chi connectivity index (χ0) is 18.0. The first-order valence-corrected chi connectivity index (χ1v) is 9.43. The number of unbranched alkanes of at least 4 members (excludes halogenated alkanes) is 1.